The highest BCUT2D eigenvalue weighted by Gasteiger charge is 2.27. The number of hydrogen-bond acceptors (Lipinski definition) is 1. The summed E-state index contributed by atoms with van der Waals surface area (Å²) in [4.78, 5) is 0. The first kappa shape index (κ1) is 12.4. The van der Waals surface area contributed by atoms with Crippen LogP contribution < -0.4 is 0 Å². The summed E-state index contributed by atoms with van der Waals surface area (Å²) in [5.74, 6) is 0.316. The van der Waals surface area contributed by atoms with Crippen molar-refractivity contribution in [3.8, 4) is 0 Å². The molecule has 94 valence electrons. The lowest BCUT2D eigenvalue weighted by molar-refractivity contribution is 0.106. The van der Waals surface area contributed by atoms with Gasteiger partial charge in [-0.05, 0) is 57.8 Å². The average Bonchev–Trinajstić information content (AvgIpc) is 2.40. The Hall–Kier alpha value is -0.610. The standard InChI is InChI=1S/C16H17IO/c17-14-10-9-11-5-1-2-6-12(11)16(14)13-7-3-4-8-15(13)18/h1-2,5-6,9-10,13,15,18H,3-4,7-8H2/t13-,15+/m1/s1. The van der Waals surface area contributed by atoms with Crippen molar-refractivity contribution in [2.24, 2.45) is 0 Å². The molecule has 2 aromatic carbocycles. The van der Waals surface area contributed by atoms with E-state index in [0.29, 0.717) is 5.92 Å². The zero-order valence-corrected chi connectivity index (χ0v) is 12.4. The van der Waals surface area contributed by atoms with E-state index >= 15 is 0 Å². The van der Waals surface area contributed by atoms with E-state index in [1.54, 1.807) is 0 Å². The summed E-state index contributed by atoms with van der Waals surface area (Å²) >= 11 is 2.41. The van der Waals surface area contributed by atoms with Crippen LogP contribution in [0, 0.1) is 3.57 Å². The van der Waals surface area contributed by atoms with Gasteiger partial charge in [0.2, 0.25) is 0 Å². The lowest BCUT2D eigenvalue weighted by Crippen LogP contribution is -2.23. The highest BCUT2D eigenvalue weighted by atomic mass is 127. The molecule has 0 bridgehead atoms. The summed E-state index contributed by atoms with van der Waals surface area (Å²) in [5, 5.41) is 12.9. The first-order valence-corrected chi connectivity index (χ1v) is 7.70. The molecule has 0 aliphatic heterocycles. The minimum atomic E-state index is -0.168. The summed E-state index contributed by atoms with van der Waals surface area (Å²) < 4.78 is 1.29. The molecule has 1 aliphatic rings. The molecule has 1 nitrogen and oxygen atoms in total. The van der Waals surface area contributed by atoms with Crippen LogP contribution in [0.2, 0.25) is 0 Å². The average molecular weight is 352 g/mol. The van der Waals surface area contributed by atoms with Gasteiger partial charge in [0.15, 0.2) is 0 Å². The van der Waals surface area contributed by atoms with Crippen molar-refractivity contribution in [1.82, 2.24) is 0 Å². The zero-order valence-electron chi connectivity index (χ0n) is 10.3. The third-order valence-electron chi connectivity index (χ3n) is 4.02. The Bertz CT molecular complexity index is 564. The van der Waals surface area contributed by atoms with Gasteiger partial charge in [0.05, 0.1) is 6.10 Å². The van der Waals surface area contributed by atoms with E-state index in [-0.39, 0.29) is 6.10 Å². The number of rotatable bonds is 1. The van der Waals surface area contributed by atoms with Crippen molar-refractivity contribution >= 4 is 33.4 Å². The molecular weight excluding hydrogens is 335 g/mol. The molecule has 0 heterocycles. The van der Waals surface area contributed by atoms with E-state index in [0.717, 1.165) is 12.8 Å². The number of fused-ring (bicyclic) bond motifs is 1. The SMILES string of the molecule is O[C@H]1CCCC[C@H]1c1c(I)ccc2ccccc12. The van der Waals surface area contributed by atoms with Crippen molar-refractivity contribution in [3.63, 3.8) is 0 Å². The van der Waals surface area contributed by atoms with E-state index in [4.69, 9.17) is 0 Å². The predicted molar refractivity (Wildman–Crippen MR) is 83.9 cm³/mol. The topological polar surface area (TPSA) is 20.2 Å². The number of aliphatic hydroxyl groups excluding tert-OH is 1. The third kappa shape index (κ3) is 2.16. The number of halogens is 1. The molecule has 2 heteroatoms. The molecule has 1 fully saturated rings. The highest BCUT2D eigenvalue weighted by Crippen LogP contribution is 2.39. The smallest absolute Gasteiger partial charge is 0.0609 e. The largest absolute Gasteiger partial charge is 0.392 e. The fraction of sp³-hybridized carbons (Fsp3) is 0.375. The molecule has 0 unspecified atom stereocenters. The van der Waals surface area contributed by atoms with E-state index in [1.165, 1.54) is 32.7 Å². The van der Waals surface area contributed by atoms with Crippen LogP contribution in [0.3, 0.4) is 0 Å². The Morgan fingerprint density at radius 1 is 1.00 bits per heavy atom. The second kappa shape index (κ2) is 5.17. The van der Waals surface area contributed by atoms with Crippen molar-refractivity contribution in [3.05, 3.63) is 45.5 Å². The normalized spacial score (nSPS) is 24.3. The van der Waals surface area contributed by atoms with Crippen molar-refractivity contribution in [1.29, 1.82) is 0 Å². The molecule has 18 heavy (non-hydrogen) atoms. The second-order valence-corrected chi connectivity index (χ2v) is 6.30. The fourth-order valence-electron chi connectivity index (χ4n) is 3.09. The molecular formula is C16H17IO. The first-order chi connectivity index (χ1) is 8.77. The van der Waals surface area contributed by atoms with Gasteiger partial charge in [0.25, 0.3) is 0 Å². The van der Waals surface area contributed by atoms with Gasteiger partial charge >= 0.3 is 0 Å². The summed E-state index contributed by atoms with van der Waals surface area (Å²) in [6, 6.07) is 12.9. The molecule has 0 saturated heterocycles. The van der Waals surface area contributed by atoms with E-state index < -0.39 is 0 Å². The van der Waals surface area contributed by atoms with Gasteiger partial charge in [-0.1, -0.05) is 43.2 Å². The van der Waals surface area contributed by atoms with Crippen molar-refractivity contribution in [2.45, 2.75) is 37.7 Å². The fourth-order valence-corrected chi connectivity index (χ4v) is 3.96. The van der Waals surface area contributed by atoms with Crippen LogP contribution >= 0.6 is 22.6 Å². The van der Waals surface area contributed by atoms with Crippen LogP contribution in [-0.4, -0.2) is 11.2 Å². The second-order valence-electron chi connectivity index (χ2n) is 5.14. The monoisotopic (exact) mass is 352 g/mol. The minimum Gasteiger partial charge on any atom is -0.392 e. The zero-order chi connectivity index (χ0) is 12.5. The first-order valence-electron chi connectivity index (χ1n) is 6.62. The van der Waals surface area contributed by atoms with Gasteiger partial charge in [-0.3, -0.25) is 0 Å². The maximum absolute atomic E-state index is 10.3. The lowest BCUT2D eigenvalue weighted by Gasteiger charge is -2.29. The molecule has 3 rings (SSSR count). The molecule has 1 saturated carbocycles. The molecule has 1 aliphatic carbocycles. The molecule has 0 aromatic heterocycles. The van der Waals surface area contributed by atoms with Crippen LogP contribution in [0.1, 0.15) is 37.2 Å². The molecule has 0 radical (unpaired) electrons. The summed E-state index contributed by atoms with van der Waals surface area (Å²) in [6.07, 6.45) is 4.30. The van der Waals surface area contributed by atoms with Crippen LogP contribution in [0.4, 0.5) is 0 Å². The van der Waals surface area contributed by atoms with Crippen LogP contribution in [-0.2, 0) is 0 Å². The quantitative estimate of drug-likeness (QED) is 0.752. The Labute approximate surface area is 121 Å². The van der Waals surface area contributed by atoms with Gasteiger partial charge in [-0.25, -0.2) is 0 Å². The highest BCUT2D eigenvalue weighted by molar-refractivity contribution is 14.1. The molecule has 0 amide bonds. The Balaban J connectivity index is 2.17. The Morgan fingerprint density at radius 2 is 1.78 bits per heavy atom. The van der Waals surface area contributed by atoms with Gasteiger partial charge in [0.1, 0.15) is 0 Å². The van der Waals surface area contributed by atoms with Crippen LogP contribution in [0.15, 0.2) is 36.4 Å². The third-order valence-corrected chi connectivity index (χ3v) is 4.96. The molecule has 1 N–H and O–H groups in total. The van der Waals surface area contributed by atoms with Crippen molar-refractivity contribution < 1.29 is 5.11 Å². The summed E-state index contributed by atoms with van der Waals surface area (Å²) in [6.45, 7) is 0. The minimum absolute atomic E-state index is 0.168. The lowest BCUT2D eigenvalue weighted by atomic mass is 9.80. The Morgan fingerprint density at radius 3 is 2.61 bits per heavy atom. The number of aliphatic hydroxyl groups is 1. The van der Waals surface area contributed by atoms with Crippen molar-refractivity contribution in [2.75, 3.05) is 0 Å². The van der Waals surface area contributed by atoms with Gasteiger partial charge in [-0.2, -0.15) is 0 Å². The van der Waals surface area contributed by atoms with E-state index in [1.807, 2.05) is 0 Å². The Kier molecular flexibility index (Phi) is 3.57. The maximum Gasteiger partial charge on any atom is 0.0609 e. The maximum atomic E-state index is 10.3. The number of hydrogen-bond donors (Lipinski definition) is 1. The molecule has 2 atom stereocenters. The summed E-state index contributed by atoms with van der Waals surface area (Å²) in [7, 11) is 0. The van der Waals surface area contributed by atoms with E-state index in [2.05, 4.69) is 59.0 Å². The molecule has 2 aromatic rings. The molecule has 0 spiro atoms. The summed E-state index contributed by atoms with van der Waals surface area (Å²) in [5.41, 5.74) is 1.36. The van der Waals surface area contributed by atoms with Crippen LogP contribution in [0.25, 0.3) is 10.8 Å². The number of benzene rings is 2. The van der Waals surface area contributed by atoms with Gasteiger partial charge < -0.3 is 5.11 Å². The van der Waals surface area contributed by atoms with Gasteiger partial charge in [-0.15, -0.1) is 0 Å². The van der Waals surface area contributed by atoms with E-state index in [9.17, 15) is 5.11 Å². The predicted octanol–water partition coefficient (Wildman–Crippen LogP) is 4.46. The van der Waals surface area contributed by atoms with Crippen LogP contribution in [0.5, 0.6) is 0 Å². The van der Waals surface area contributed by atoms with Gasteiger partial charge in [0, 0.05) is 9.49 Å².